The molecule has 1 aromatic carbocycles. The van der Waals surface area contributed by atoms with Crippen LogP contribution in [0.25, 0.3) is 10.9 Å². The molecule has 3 saturated heterocycles. The third-order valence-electron chi connectivity index (χ3n) is 5.76. The monoisotopic (exact) mass is 337 g/mol. The molecule has 130 valence electrons. The molecule has 25 heavy (non-hydrogen) atoms. The SMILES string of the molecule is C=C[C@H]1CN2CC[C@H]1CC2/C(=N/O)c1ccnc2ccc(OC)cc12. The Morgan fingerprint density at radius 3 is 3.00 bits per heavy atom. The summed E-state index contributed by atoms with van der Waals surface area (Å²) in [5, 5.41) is 14.6. The van der Waals surface area contributed by atoms with Crippen LogP contribution >= 0.6 is 0 Å². The van der Waals surface area contributed by atoms with Crippen molar-refractivity contribution in [2.45, 2.75) is 18.9 Å². The molecule has 3 aliphatic rings. The van der Waals surface area contributed by atoms with Gasteiger partial charge in [-0.15, -0.1) is 6.58 Å². The summed E-state index contributed by atoms with van der Waals surface area (Å²) in [5.74, 6) is 1.93. The predicted molar refractivity (Wildman–Crippen MR) is 98.4 cm³/mol. The van der Waals surface area contributed by atoms with E-state index in [0.29, 0.717) is 11.8 Å². The number of hydrogen-bond acceptors (Lipinski definition) is 5. The van der Waals surface area contributed by atoms with Crippen LogP contribution in [0.3, 0.4) is 0 Å². The summed E-state index contributed by atoms with van der Waals surface area (Å²) in [6, 6.07) is 7.87. The Morgan fingerprint density at radius 2 is 2.32 bits per heavy atom. The van der Waals surface area contributed by atoms with Gasteiger partial charge in [0.1, 0.15) is 11.5 Å². The Kier molecular flexibility index (Phi) is 4.17. The molecule has 5 nitrogen and oxygen atoms in total. The van der Waals surface area contributed by atoms with Crippen molar-refractivity contribution in [3.8, 4) is 5.75 Å². The maximum atomic E-state index is 9.86. The lowest BCUT2D eigenvalue weighted by atomic mass is 9.74. The molecule has 0 radical (unpaired) electrons. The van der Waals surface area contributed by atoms with E-state index in [4.69, 9.17) is 4.74 Å². The van der Waals surface area contributed by atoms with Crippen molar-refractivity contribution in [1.82, 2.24) is 9.88 Å². The van der Waals surface area contributed by atoms with E-state index in [1.54, 1.807) is 13.3 Å². The van der Waals surface area contributed by atoms with Gasteiger partial charge >= 0.3 is 0 Å². The Bertz CT molecular complexity index is 833. The summed E-state index contributed by atoms with van der Waals surface area (Å²) in [5.41, 5.74) is 2.53. The molecule has 3 fully saturated rings. The number of nitrogens with zero attached hydrogens (tertiary/aromatic N) is 3. The fraction of sp³-hybridized carbons (Fsp3) is 0.400. The first kappa shape index (κ1) is 16.1. The van der Waals surface area contributed by atoms with Gasteiger partial charge in [-0.05, 0) is 55.5 Å². The fourth-order valence-corrected chi connectivity index (χ4v) is 4.40. The smallest absolute Gasteiger partial charge is 0.119 e. The average molecular weight is 337 g/mol. The number of piperidine rings is 3. The standard InChI is InChI=1S/C20H23N3O2/c1-3-13-12-23-9-7-14(13)10-19(23)20(22-24)16-6-8-21-18-5-4-15(25-2)11-17(16)18/h3-6,8,11,13-14,19,24H,1,7,9-10,12H2,2H3/b22-20+/t13-,14-,19?/m0/s1. The molecular weight excluding hydrogens is 314 g/mol. The number of fused-ring (bicyclic) bond motifs is 4. The van der Waals surface area contributed by atoms with Gasteiger partial charge < -0.3 is 9.94 Å². The van der Waals surface area contributed by atoms with Crippen LogP contribution in [0.4, 0.5) is 0 Å². The van der Waals surface area contributed by atoms with Gasteiger partial charge in [-0.25, -0.2) is 0 Å². The van der Waals surface area contributed by atoms with E-state index >= 15 is 0 Å². The predicted octanol–water partition coefficient (Wildman–Crippen LogP) is 3.32. The molecule has 3 aliphatic heterocycles. The van der Waals surface area contributed by atoms with Crippen LogP contribution in [-0.2, 0) is 0 Å². The molecule has 2 bridgehead atoms. The minimum absolute atomic E-state index is 0.136. The number of pyridine rings is 1. The van der Waals surface area contributed by atoms with Crippen molar-refractivity contribution in [2.75, 3.05) is 20.2 Å². The first-order valence-corrected chi connectivity index (χ1v) is 8.77. The van der Waals surface area contributed by atoms with Crippen LogP contribution in [0.5, 0.6) is 5.75 Å². The van der Waals surface area contributed by atoms with Crippen LogP contribution in [0, 0.1) is 11.8 Å². The second-order valence-electron chi connectivity index (χ2n) is 6.92. The Morgan fingerprint density at radius 1 is 1.44 bits per heavy atom. The van der Waals surface area contributed by atoms with Gasteiger partial charge in [0.05, 0.1) is 18.7 Å². The lowest BCUT2D eigenvalue weighted by Gasteiger charge is -2.49. The van der Waals surface area contributed by atoms with Crippen LogP contribution in [-0.4, -0.2) is 47.0 Å². The molecular formula is C20H23N3O2. The molecule has 0 saturated carbocycles. The van der Waals surface area contributed by atoms with Gasteiger partial charge in [0, 0.05) is 23.7 Å². The van der Waals surface area contributed by atoms with Crippen molar-refractivity contribution in [1.29, 1.82) is 0 Å². The zero-order valence-corrected chi connectivity index (χ0v) is 14.4. The molecule has 2 aromatic rings. The number of methoxy groups -OCH3 is 1. The molecule has 2 unspecified atom stereocenters. The highest BCUT2D eigenvalue weighted by Gasteiger charge is 2.41. The van der Waals surface area contributed by atoms with Gasteiger partial charge in [-0.2, -0.15) is 0 Å². The third kappa shape index (κ3) is 2.68. The molecule has 5 heteroatoms. The number of oxime groups is 1. The van der Waals surface area contributed by atoms with Crippen molar-refractivity contribution in [3.05, 3.63) is 48.7 Å². The maximum absolute atomic E-state index is 9.86. The molecule has 4 atom stereocenters. The number of hydrogen-bond donors (Lipinski definition) is 1. The van der Waals surface area contributed by atoms with Gasteiger partial charge in [-0.1, -0.05) is 11.2 Å². The van der Waals surface area contributed by atoms with Gasteiger partial charge in [-0.3, -0.25) is 9.88 Å². The first-order valence-electron chi connectivity index (χ1n) is 8.77. The highest BCUT2D eigenvalue weighted by Crippen LogP contribution is 2.38. The van der Waals surface area contributed by atoms with E-state index in [1.807, 2.05) is 24.3 Å². The summed E-state index contributed by atoms with van der Waals surface area (Å²) in [7, 11) is 1.65. The van der Waals surface area contributed by atoms with Gasteiger partial charge in [0.25, 0.3) is 0 Å². The topological polar surface area (TPSA) is 58.0 Å². The number of benzene rings is 1. The molecule has 0 aliphatic carbocycles. The third-order valence-corrected chi connectivity index (χ3v) is 5.76. The maximum Gasteiger partial charge on any atom is 0.119 e. The van der Waals surface area contributed by atoms with E-state index in [-0.39, 0.29) is 6.04 Å². The van der Waals surface area contributed by atoms with Gasteiger partial charge in [0.2, 0.25) is 0 Å². The molecule has 1 N–H and O–H groups in total. The fourth-order valence-electron chi connectivity index (χ4n) is 4.40. The summed E-state index contributed by atoms with van der Waals surface area (Å²) >= 11 is 0. The molecule has 5 rings (SSSR count). The zero-order chi connectivity index (χ0) is 17.4. The lowest BCUT2D eigenvalue weighted by Crippen LogP contribution is -2.56. The second kappa shape index (κ2) is 6.48. The minimum atomic E-state index is 0.136. The summed E-state index contributed by atoms with van der Waals surface area (Å²) in [4.78, 5) is 6.86. The first-order chi connectivity index (χ1) is 12.2. The average Bonchev–Trinajstić information content (AvgIpc) is 2.68. The van der Waals surface area contributed by atoms with E-state index in [0.717, 1.165) is 47.4 Å². The molecule has 0 spiro atoms. The molecule has 4 heterocycles. The van der Waals surface area contributed by atoms with E-state index < -0.39 is 0 Å². The molecule has 1 aromatic heterocycles. The van der Waals surface area contributed by atoms with Crippen LogP contribution < -0.4 is 4.74 Å². The second-order valence-corrected chi connectivity index (χ2v) is 6.92. The van der Waals surface area contributed by atoms with E-state index in [1.165, 1.54) is 6.42 Å². The highest BCUT2D eigenvalue weighted by molar-refractivity contribution is 6.12. The number of ether oxygens (including phenoxy) is 1. The van der Waals surface area contributed by atoms with Crippen LogP contribution in [0.15, 0.2) is 48.3 Å². The van der Waals surface area contributed by atoms with Crippen molar-refractivity contribution >= 4 is 16.6 Å². The number of aromatic nitrogens is 1. The number of rotatable bonds is 4. The van der Waals surface area contributed by atoms with E-state index in [2.05, 4.69) is 27.7 Å². The van der Waals surface area contributed by atoms with Crippen molar-refractivity contribution in [3.63, 3.8) is 0 Å². The van der Waals surface area contributed by atoms with Gasteiger partial charge in [0.15, 0.2) is 0 Å². The van der Waals surface area contributed by atoms with Crippen LogP contribution in [0.1, 0.15) is 18.4 Å². The highest BCUT2D eigenvalue weighted by atomic mass is 16.5. The largest absolute Gasteiger partial charge is 0.497 e. The minimum Gasteiger partial charge on any atom is -0.497 e. The Balaban J connectivity index is 1.75. The Hall–Kier alpha value is -2.40. The Labute approximate surface area is 147 Å². The van der Waals surface area contributed by atoms with E-state index in [9.17, 15) is 5.21 Å². The summed E-state index contributed by atoms with van der Waals surface area (Å²) in [6.07, 6.45) is 6.05. The van der Waals surface area contributed by atoms with Crippen molar-refractivity contribution < 1.29 is 9.94 Å². The normalized spacial score (nSPS) is 28.9. The van der Waals surface area contributed by atoms with Crippen LogP contribution in [0.2, 0.25) is 0 Å². The zero-order valence-electron chi connectivity index (χ0n) is 14.4. The quantitative estimate of drug-likeness (QED) is 0.402. The summed E-state index contributed by atoms with van der Waals surface area (Å²) in [6.45, 7) is 6.02. The molecule has 0 amide bonds. The van der Waals surface area contributed by atoms with Crippen molar-refractivity contribution in [2.24, 2.45) is 17.0 Å². The lowest BCUT2D eigenvalue weighted by molar-refractivity contribution is 0.0475. The summed E-state index contributed by atoms with van der Waals surface area (Å²) < 4.78 is 5.36.